The van der Waals surface area contributed by atoms with Crippen molar-refractivity contribution >= 4 is 0 Å². The maximum Gasteiger partial charge on any atom is 0.194 e. The summed E-state index contributed by atoms with van der Waals surface area (Å²) in [7, 11) is 0. The summed E-state index contributed by atoms with van der Waals surface area (Å²) in [5, 5.41) is 0. The van der Waals surface area contributed by atoms with E-state index in [9.17, 15) is 13.2 Å². The molecule has 1 unspecified atom stereocenters. The second-order valence-electron chi connectivity index (χ2n) is 4.01. The Kier molecular flexibility index (Phi) is 3.05. The van der Waals surface area contributed by atoms with E-state index in [4.69, 9.17) is 10.5 Å². The van der Waals surface area contributed by atoms with E-state index in [-0.39, 0.29) is 17.9 Å². The average molecular weight is 231 g/mol. The minimum absolute atomic E-state index is 0.00972. The summed E-state index contributed by atoms with van der Waals surface area (Å²) in [5.74, 6) is -3.94. The molecule has 2 rings (SSSR count). The van der Waals surface area contributed by atoms with Crippen LogP contribution in [0.4, 0.5) is 13.2 Å². The van der Waals surface area contributed by atoms with Crippen LogP contribution in [-0.4, -0.2) is 12.1 Å². The lowest BCUT2D eigenvalue weighted by Crippen LogP contribution is -2.19. The summed E-state index contributed by atoms with van der Waals surface area (Å²) in [4.78, 5) is 0. The molecule has 0 saturated heterocycles. The smallest absolute Gasteiger partial charge is 0.194 e. The van der Waals surface area contributed by atoms with Crippen molar-refractivity contribution in [2.45, 2.75) is 31.4 Å². The van der Waals surface area contributed by atoms with E-state index in [1.54, 1.807) is 0 Å². The van der Waals surface area contributed by atoms with Gasteiger partial charge in [-0.05, 0) is 19.3 Å². The second kappa shape index (κ2) is 4.33. The van der Waals surface area contributed by atoms with Crippen LogP contribution in [0, 0.1) is 17.5 Å². The number of rotatable bonds is 2. The number of hydrogen-bond acceptors (Lipinski definition) is 2. The first-order valence-corrected chi connectivity index (χ1v) is 5.13. The topological polar surface area (TPSA) is 35.2 Å². The summed E-state index contributed by atoms with van der Waals surface area (Å²) in [6.45, 7) is 0. The zero-order valence-corrected chi connectivity index (χ0v) is 8.55. The maximum atomic E-state index is 12.9. The lowest BCUT2D eigenvalue weighted by Gasteiger charge is -2.13. The molecule has 2 atom stereocenters. The standard InChI is InChI=1S/C11H12F3NO/c12-9-4-8(5-10(13)11(9)14)16-7-2-1-6(15)3-7/h4-7H,1-3,15H2/t6?,7-/m1/s1. The molecule has 1 aromatic rings. The van der Waals surface area contributed by atoms with Gasteiger partial charge in [0.15, 0.2) is 17.5 Å². The molecule has 1 aliphatic carbocycles. The molecule has 0 heterocycles. The fourth-order valence-corrected chi connectivity index (χ4v) is 1.87. The molecule has 1 aliphatic rings. The number of nitrogens with two attached hydrogens (primary N) is 1. The van der Waals surface area contributed by atoms with Gasteiger partial charge in [0.25, 0.3) is 0 Å². The molecular weight excluding hydrogens is 219 g/mol. The van der Waals surface area contributed by atoms with E-state index >= 15 is 0 Å². The first-order valence-electron chi connectivity index (χ1n) is 5.13. The molecule has 0 radical (unpaired) electrons. The largest absolute Gasteiger partial charge is 0.490 e. The highest BCUT2D eigenvalue weighted by atomic mass is 19.2. The molecule has 2 nitrogen and oxygen atoms in total. The number of halogens is 3. The van der Waals surface area contributed by atoms with E-state index in [0.29, 0.717) is 6.42 Å². The molecule has 1 saturated carbocycles. The maximum absolute atomic E-state index is 12.9. The van der Waals surface area contributed by atoms with Crippen LogP contribution >= 0.6 is 0 Å². The van der Waals surface area contributed by atoms with Crippen LogP contribution in [0.25, 0.3) is 0 Å². The second-order valence-corrected chi connectivity index (χ2v) is 4.01. The third-order valence-corrected chi connectivity index (χ3v) is 2.69. The van der Waals surface area contributed by atoms with Crippen LogP contribution in [0.3, 0.4) is 0 Å². The van der Waals surface area contributed by atoms with Crippen LogP contribution in [0.15, 0.2) is 12.1 Å². The highest BCUT2D eigenvalue weighted by molar-refractivity contribution is 5.25. The van der Waals surface area contributed by atoms with Crippen molar-refractivity contribution in [2.24, 2.45) is 5.73 Å². The van der Waals surface area contributed by atoms with Crippen molar-refractivity contribution in [1.82, 2.24) is 0 Å². The van der Waals surface area contributed by atoms with Gasteiger partial charge in [0.2, 0.25) is 0 Å². The average Bonchev–Trinajstić information content (AvgIpc) is 2.60. The molecular formula is C11H12F3NO. The van der Waals surface area contributed by atoms with Crippen LogP contribution in [-0.2, 0) is 0 Å². The molecule has 1 aromatic carbocycles. The third kappa shape index (κ3) is 2.29. The van der Waals surface area contributed by atoms with Crippen molar-refractivity contribution in [3.05, 3.63) is 29.6 Å². The Morgan fingerprint density at radius 2 is 1.75 bits per heavy atom. The fraction of sp³-hybridized carbons (Fsp3) is 0.455. The Hall–Kier alpha value is -1.23. The predicted octanol–water partition coefficient (Wildman–Crippen LogP) is 2.36. The van der Waals surface area contributed by atoms with Gasteiger partial charge in [-0.15, -0.1) is 0 Å². The van der Waals surface area contributed by atoms with Crippen molar-refractivity contribution in [3.63, 3.8) is 0 Å². The van der Waals surface area contributed by atoms with Crippen LogP contribution in [0.2, 0.25) is 0 Å². The minimum Gasteiger partial charge on any atom is -0.490 e. The van der Waals surface area contributed by atoms with Crippen LogP contribution in [0.1, 0.15) is 19.3 Å². The Morgan fingerprint density at radius 1 is 1.12 bits per heavy atom. The quantitative estimate of drug-likeness (QED) is 0.793. The van der Waals surface area contributed by atoms with Crippen molar-refractivity contribution in [3.8, 4) is 5.75 Å². The number of ether oxygens (including phenoxy) is 1. The van der Waals surface area contributed by atoms with Gasteiger partial charge in [-0.3, -0.25) is 0 Å². The highest BCUT2D eigenvalue weighted by Gasteiger charge is 2.24. The first kappa shape index (κ1) is 11.3. The molecule has 0 spiro atoms. The molecule has 88 valence electrons. The van der Waals surface area contributed by atoms with Gasteiger partial charge in [0.05, 0.1) is 0 Å². The van der Waals surface area contributed by atoms with Gasteiger partial charge in [-0.1, -0.05) is 0 Å². The Bertz CT molecular complexity index is 374. The van der Waals surface area contributed by atoms with E-state index in [1.807, 2.05) is 0 Å². The normalized spacial score (nSPS) is 24.8. The molecule has 16 heavy (non-hydrogen) atoms. The van der Waals surface area contributed by atoms with E-state index in [1.165, 1.54) is 0 Å². The molecule has 0 aromatic heterocycles. The SMILES string of the molecule is NC1CC[C@@H](Oc2cc(F)c(F)c(F)c2)C1. The zero-order chi connectivity index (χ0) is 11.7. The molecule has 1 fully saturated rings. The van der Waals surface area contributed by atoms with Gasteiger partial charge in [0.1, 0.15) is 11.9 Å². The summed E-state index contributed by atoms with van der Waals surface area (Å²) in [5.41, 5.74) is 5.67. The van der Waals surface area contributed by atoms with Gasteiger partial charge in [0, 0.05) is 18.2 Å². The van der Waals surface area contributed by atoms with Gasteiger partial charge >= 0.3 is 0 Å². The van der Waals surface area contributed by atoms with Crippen molar-refractivity contribution < 1.29 is 17.9 Å². The Balaban J connectivity index is 2.10. The van der Waals surface area contributed by atoms with E-state index in [2.05, 4.69) is 0 Å². The monoisotopic (exact) mass is 231 g/mol. The molecule has 0 bridgehead atoms. The molecule has 2 N–H and O–H groups in total. The summed E-state index contributed by atoms with van der Waals surface area (Å²) < 4.78 is 43.7. The first-order chi connectivity index (χ1) is 7.56. The number of hydrogen-bond donors (Lipinski definition) is 1. The third-order valence-electron chi connectivity index (χ3n) is 2.69. The predicted molar refractivity (Wildman–Crippen MR) is 52.6 cm³/mol. The highest BCUT2D eigenvalue weighted by Crippen LogP contribution is 2.25. The Labute approximate surface area is 91.2 Å². The minimum atomic E-state index is -1.48. The van der Waals surface area contributed by atoms with Gasteiger partial charge < -0.3 is 10.5 Å². The van der Waals surface area contributed by atoms with Crippen LogP contribution in [0.5, 0.6) is 5.75 Å². The van der Waals surface area contributed by atoms with Gasteiger partial charge in [-0.2, -0.15) is 0 Å². The molecule has 5 heteroatoms. The summed E-state index contributed by atoms with van der Waals surface area (Å²) in [6, 6.07) is 1.77. The molecule has 0 amide bonds. The van der Waals surface area contributed by atoms with Crippen LogP contribution < -0.4 is 10.5 Å². The van der Waals surface area contributed by atoms with E-state index < -0.39 is 17.5 Å². The summed E-state index contributed by atoms with van der Waals surface area (Å²) >= 11 is 0. The summed E-state index contributed by atoms with van der Waals surface area (Å²) in [6.07, 6.45) is 2.10. The number of benzene rings is 1. The Morgan fingerprint density at radius 3 is 2.25 bits per heavy atom. The van der Waals surface area contributed by atoms with Crippen molar-refractivity contribution in [1.29, 1.82) is 0 Å². The lowest BCUT2D eigenvalue weighted by molar-refractivity contribution is 0.205. The van der Waals surface area contributed by atoms with Gasteiger partial charge in [-0.25, -0.2) is 13.2 Å². The van der Waals surface area contributed by atoms with E-state index in [0.717, 1.165) is 25.0 Å². The zero-order valence-electron chi connectivity index (χ0n) is 8.55. The van der Waals surface area contributed by atoms with Crippen molar-refractivity contribution in [2.75, 3.05) is 0 Å². The lowest BCUT2D eigenvalue weighted by atomic mass is 10.2. The molecule has 0 aliphatic heterocycles. The fourth-order valence-electron chi connectivity index (χ4n) is 1.87.